The van der Waals surface area contributed by atoms with E-state index < -0.39 is 31.3 Å². The van der Waals surface area contributed by atoms with Crippen LogP contribution in [0.4, 0.5) is 4.39 Å². The summed E-state index contributed by atoms with van der Waals surface area (Å²) in [5.41, 5.74) is 0. The molecule has 10 heavy (non-hydrogen) atoms. The van der Waals surface area contributed by atoms with Crippen LogP contribution in [0.3, 0.4) is 0 Å². The molecule has 1 aliphatic rings. The smallest absolute Gasteiger partial charge is 0.189 e. The first-order valence-corrected chi connectivity index (χ1v) is 2.93. The Morgan fingerprint density at radius 2 is 2.00 bits per heavy atom. The minimum Gasteiger partial charge on any atom is -0.394 e. The molecule has 1 aliphatic heterocycles. The predicted molar refractivity (Wildman–Crippen MR) is 28.9 cm³/mol. The van der Waals surface area contributed by atoms with E-state index in [-0.39, 0.29) is 0 Å². The molecule has 1 unspecified atom stereocenters. The Morgan fingerprint density at radius 1 is 1.40 bits per heavy atom. The van der Waals surface area contributed by atoms with Gasteiger partial charge < -0.3 is 20.1 Å². The molecule has 0 saturated carbocycles. The van der Waals surface area contributed by atoms with E-state index in [9.17, 15) is 4.39 Å². The van der Waals surface area contributed by atoms with Crippen molar-refractivity contribution in [1.82, 2.24) is 0 Å². The maximum Gasteiger partial charge on any atom is 0.189 e. The lowest BCUT2D eigenvalue weighted by atomic mass is 10.2. The molecule has 0 bridgehead atoms. The molecular weight excluding hydrogens is 143 g/mol. The zero-order valence-corrected chi connectivity index (χ0v) is 5.14. The number of rotatable bonds is 1. The molecule has 0 spiro atoms. The lowest BCUT2D eigenvalue weighted by molar-refractivity contribution is -0.121. The van der Waals surface area contributed by atoms with Crippen LogP contribution in [0.1, 0.15) is 0 Å². The molecule has 1 rings (SSSR count). The highest BCUT2D eigenvalue weighted by Crippen LogP contribution is 2.21. The monoisotopic (exact) mass is 152 g/mol. The minimum atomic E-state index is -1.81. The largest absolute Gasteiger partial charge is 0.394 e. The van der Waals surface area contributed by atoms with E-state index in [1.165, 1.54) is 0 Å². The normalized spacial score (nSPS) is 48.0. The molecule has 0 amide bonds. The lowest BCUT2D eigenvalue weighted by Crippen LogP contribution is -2.30. The predicted octanol–water partition coefficient (Wildman–Crippen LogP) is -1.61. The Morgan fingerprint density at radius 3 is 2.20 bits per heavy atom. The van der Waals surface area contributed by atoms with E-state index in [1.807, 2.05) is 0 Å². The first-order valence-electron chi connectivity index (χ1n) is 2.93. The maximum absolute atomic E-state index is 12.4. The third-order valence-electron chi connectivity index (χ3n) is 1.47. The molecule has 4 nitrogen and oxygen atoms in total. The molecule has 0 aromatic heterocycles. The molecule has 0 aromatic carbocycles. The number of halogens is 1. The second-order valence-corrected chi connectivity index (χ2v) is 2.18. The number of hydrogen-bond donors (Lipinski definition) is 3. The summed E-state index contributed by atoms with van der Waals surface area (Å²) in [6, 6.07) is 0. The van der Waals surface area contributed by atoms with Crippen LogP contribution in [-0.2, 0) is 4.74 Å². The van der Waals surface area contributed by atoms with E-state index >= 15 is 0 Å². The second kappa shape index (κ2) is 2.79. The fourth-order valence-electron chi connectivity index (χ4n) is 0.859. The van der Waals surface area contributed by atoms with Gasteiger partial charge in [0.1, 0.15) is 12.2 Å². The van der Waals surface area contributed by atoms with Crippen molar-refractivity contribution in [1.29, 1.82) is 0 Å². The van der Waals surface area contributed by atoms with Crippen molar-refractivity contribution in [2.24, 2.45) is 0 Å². The molecule has 1 saturated heterocycles. The van der Waals surface area contributed by atoms with Gasteiger partial charge in [-0.2, -0.15) is 0 Å². The van der Waals surface area contributed by atoms with Gasteiger partial charge in [0.05, 0.1) is 6.61 Å². The third kappa shape index (κ3) is 1.13. The van der Waals surface area contributed by atoms with Crippen LogP contribution < -0.4 is 0 Å². The Labute approximate surface area is 56.9 Å². The fourth-order valence-corrected chi connectivity index (χ4v) is 0.859. The van der Waals surface area contributed by atoms with Gasteiger partial charge in [0, 0.05) is 0 Å². The molecule has 3 N–H and O–H groups in total. The summed E-state index contributed by atoms with van der Waals surface area (Å²) in [5, 5.41) is 25.8. The van der Waals surface area contributed by atoms with Crippen LogP contribution in [0.15, 0.2) is 0 Å². The average molecular weight is 152 g/mol. The van der Waals surface area contributed by atoms with E-state index in [2.05, 4.69) is 4.74 Å². The van der Waals surface area contributed by atoms with Crippen molar-refractivity contribution in [3.05, 3.63) is 0 Å². The van der Waals surface area contributed by atoms with Crippen LogP contribution in [0.25, 0.3) is 0 Å². The van der Waals surface area contributed by atoms with Crippen molar-refractivity contribution >= 4 is 0 Å². The Balaban J connectivity index is 2.53. The van der Waals surface area contributed by atoms with E-state index in [1.54, 1.807) is 0 Å². The minimum absolute atomic E-state index is 0.487. The van der Waals surface area contributed by atoms with Crippen molar-refractivity contribution in [2.75, 3.05) is 6.61 Å². The van der Waals surface area contributed by atoms with Gasteiger partial charge in [0.15, 0.2) is 12.5 Å². The maximum atomic E-state index is 12.4. The number of hydrogen-bond acceptors (Lipinski definition) is 4. The lowest BCUT2D eigenvalue weighted by Gasteiger charge is -2.08. The summed E-state index contributed by atoms with van der Waals surface area (Å²) >= 11 is 0. The van der Waals surface area contributed by atoms with Crippen molar-refractivity contribution in [2.45, 2.75) is 24.7 Å². The van der Waals surface area contributed by atoms with Gasteiger partial charge in [-0.05, 0) is 0 Å². The Hall–Kier alpha value is -0.230. The third-order valence-corrected chi connectivity index (χ3v) is 1.47. The Bertz CT molecular complexity index is 120. The molecule has 4 atom stereocenters. The fraction of sp³-hybridized carbons (Fsp3) is 1.00. The van der Waals surface area contributed by atoms with Crippen molar-refractivity contribution in [3.8, 4) is 0 Å². The SMILES string of the molecule is OC[C@@H]1OC(O)[C@H](F)[C@H]1O. The number of ether oxygens (including phenoxy) is 1. The standard InChI is InChI=1S/C5H9FO4/c6-3-4(8)2(1-7)10-5(3)9/h2-5,7-9H,1H2/t2-,3+,4-,5?/m0/s1. The van der Waals surface area contributed by atoms with Crippen LogP contribution >= 0.6 is 0 Å². The average Bonchev–Trinajstić information content (AvgIpc) is 2.17. The first kappa shape index (κ1) is 7.87. The summed E-state index contributed by atoms with van der Waals surface area (Å²) in [5.74, 6) is 0. The van der Waals surface area contributed by atoms with Gasteiger partial charge in [-0.3, -0.25) is 0 Å². The van der Waals surface area contributed by atoms with Gasteiger partial charge in [-0.1, -0.05) is 0 Å². The summed E-state index contributed by atoms with van der Waals surface area (Å²) in [4.78, 5) is 0. The molecule has 1 heterocycles. The highest BCUT2D eigenvalue weighted by atomic mass is 19.1. The van der Waals surface area contributed by atoms with E-state index in [4.69, 9.17) is 15.3 Å². The number of aliphatic hydroxyl groups excluding tert-OH is 3. The molecule has 5 heteroatoms. The topological polar surface area (TPSA) is 69.9 Å². The summed E-state index contributed by atoms with van der Waals surface area (Å²) < 4.78 is 16.8. The van der Waals surface area contributed by atoms with Crippen LogP contribution in [-0.4, -0.2) is 46.6 Å². The van der Waals surface area contributed by atoms with Crippen LogP contribution in [0, 0.1) is 0 Å². The summed E-state index contributed by atoms with van der Waals surface area (Å²) in [7, 11) is 0. The van der Waals surface area contributed by atoms with E-state index in [0.29, 0.717) is 0 Å². The van der Waals surface area contributed by atoms with Gasteiger partial charge in [0.25, 0.3) is 0 Å². The van der Waals surface area contributed by atoms with Crippen LogP contribution in [0.5, 0.6) is 0 Å². The molecule has 1 fully saturated rings. The van der Waals surface area contributed by atoms with Crippen LogP contribution in [0.2, 0.25) is 0 Å². The second-order valence-electron chi connectivity index (χ2n) is 2.18. The van der Waals surface area contributed by atoms with Crippen molar-refractivity contribution < 1.29 is 24.4 Å². The van der Waals surface area contributed by atoms with Gasteiger partial charge in [-0.25, -0.2) is 4.39 Å². The highest BCUT2D eigenvalue weighted by Gasteiger charge is 2.42. The molecule has 0 radical (unpaired) electrons. The van der Waals surface area contributed by atoms with Gasteiger partial charge in [0.2, 0.25) is 0 Å². The summed E-state index contributed by atoms with van der Waals surface area (Å²) in [6.07, 6.45) is -5.82. The molecule has 0 aromatic rings. The van der Waals surface area contributed by atoms with E-state index in [0.717, 1.165) is 0 Å². The molecular formula is C5H9FO4. The first-order chi connectivity index (χ1) is 4.66. The molecule has 0 aliphatic carbocycles. The zero-order chi connectivity index (χ0) is 7.72. The zero-order valence-electron chi connectivity index (χ0n) is 5.14. The highest BCUT2D eigenvalue weighted by molar-refractivity contribution is 4.85. The summed E-state index contributed by atoms with van der Waals surface area (Å²) in [6.45, 7) is -0.487. The van der Waals surface area contributed by atoms with Gasteiger partial charge >= 0.3 is 0 Å². The Kier molecular flexibility index (Phi) is 2.20. The number of aliphatic hydroxyl groups is 3. The number of alkyl halides is 1. The van der Waals surface area contributed by atoms with Crippen molar-refractivity contribution in [3.63, 3.8) is 0 Å². The quantitative estimate of drug-likeness (QED) is 0.423. The van der Waals surface area contributed by atoms with Gasteiger partial charge in [-0.15, -0.1) is 0 Å². The molecule has 60 valence electrons.